The van der Waals surface area contributed by atoms with E-state index in [0.717, 1.165) is 12.1 Å². The molecule has 0 N–H and O–H groups in total. The standard InChI is InChI=1S/C21H25F3N4O2S/c1-4-16-13-18(29)26(3)20(25-16)31-14(2)19(30)28-10-8-27(9-11-28)17-7-5-6-15(12-17)21(22,23)24/h5-7,12-14H,4,8-11H2,1-3H3. The molecule has 2 heterocycles. The van der Waals surface area contributed by atoms with Crippen molar-refractivity contribution in [3.63, 3.8) is 0 Å². The van der Waals surface area contributed by atoms with Gasteiger partial charge in [0.25, 0.3) is 5.56 Å². The van der Waals surface area contributed by atoms with Crippen molar-refractivity contribution in [2.75, 3.05) is 31.1 Å². The highest BCUT2D eigenvalue weighted by Crippen LogP contribution is 2.32. The largest absolute Gasteiger partial charge is 0.416 e. The zero-order valence-corrected chi connectivity index (χ0v) is 18.5. The second-order valence-corrected chi connectivity index (χ2v) is 8.71. The number of amides is 1. The molecule has 2 aromatic rings. The highest BCUT2D eigenvalue weighted by Gasteiger charge is 2.32. The number of hydrogen-bond donors (Lipinski definition) is 0. The molecule has 0 radical (unpaired) electrons. The zero-order chi connectivity index (χ0) is 22.8. The average Bonchev–Trinajstić information content (AvgIpc) is 2.75. The molecular weight excluding hydrogens is 429 g/mol. The first-order chi connectivity index (χ1) is 14.6. The Morgan fingerprint density at radius 3 is 2.48 bits per heavy atom. The van der Waals surface area contributed by atoms with Gasteiger partial charge in [0.1, 0.15) is 0 Å². The summed E-state index contributed by atoms with van der Waals surface area (Å²) in [6, 6.07) is 6.73. The first-order valence-corrected chi connectivity index (χ1v) is 10.9. The summed E-state index contributed by atoms with van der Waals surface area (Å²) < 4.78 is 40.3. The van der Waals surface area contributed by atoms with Gasteiger partial charge in [-0.05, 0) is 31.5 Å². The van der Waals surface area contributed by atoms with Gasteiger partial charge >= 0.3 is 6.18 Å². The highest BCUT2D eigenvalue weighted by atomic mass is 32.2. The SMILES string of the molecule is CCc1cc(=O)n(C)c(SC(C)C(=O)N2CCN(c3cccc(C(F)(F)F)c3)CC2)n1. The van der Waals surface area contributed by atoms with E-state index in [1.165, 1.54) is 28.5 Å². The van der Waals surface area contributed by atoms with Crippen LogP contribution in [0.25, 0.3) is 0 Å². The molecule has 0 saturated carbocycles. The number of aryl methyl sites for hydroxylation is 1. The van der Waals surface area contributed by atoms with Crippen LogP contribution < -0.4 is 10.5 Å². The fraction of sp³-hybridized carbons (Fsp3) is 0.476. The number of benzene rings is 1. The van der Waals surface area contributed by atoms with E-state index >= 15 is 0 Å². The van der Waals surface area contributed by atoms with Crippen molar-refractivity contribution in [2.45, 2.75) is 36.9 Å². The van der Waals surface area contributed by atoms with Crippen LogP contribution >= 0.6 is 11.8 Å². The summed E-state index contributed by atoms with van der Waals surface area (Å²) in [6.07, 6.45) is -3.76. The number of piperazine rings is 1. The van der Waals surface area contributed by atoms with Gasteiger partial charge in [0.15, 0.2) is 5.16 Å². The molecule has 0 spiro atoms. The molecule has 6 nitrogen and oxygen atoms in total. The van der Waals surface area contributed by atoms with Crippen molar-refractivity contribution in [3.8, 4) is 0 Å². The van der Waals surface area contributed by atoms with E-state index in [1.807, 2.05) is 11.8 Å². The van der Waals surface area contributed by atoms with Gasteiger partial charge in [-0.15, -0.1) is 0 Å². The molecule has 1 saturated heterocycles. The number of carbonyl (C=O) groups is 1. The zero-order valence-electron chi connectivity index (χ0n) is 17.6. The van der Waals surface area contributed by atoms with Gasteiger partial charge in [-0.25, -0.2) is 4.98 Å². The fourth-order valence-electron chi connectivity index (χ4n) is 3.38. The number of alkyl halides is 3. The Kier molecular flexibility index (Phi) is 6.98. The van der Waals surface area contributed by atoms with Gasteiger partial charge in [-0.2, -0.15) is 13.2 Å². The number of rotatable bonds is 5. The first-order valence-electron chi connectivity index (χ1n) is 10.0. The van der Waals surface area contributed by atoms with Crippen LogP contribution in [-0.2, 0) is 24.4 Å². The Balaban J connectivity index is 1.63. The quantitative estimate of drug-likeness (QED) is 0.513. The Labute approximate surface area is 183 Å². The van der Waals surface area contributed by atoms with Crippen molar-refractivity contribution in [1.82, 2.24) is 14.5 Å². The van der Waals surface area contributed by atoms with Crippen LogP contribution in [0.4, 0.5) is 18.9 Å². The van der Waals surface area contributed by atoms with Crippen LogP contribution in [0.2, 0.25) is 0 Å². The second-order valence-electron chi connectivity index (χ2n) is 7.40. The Morgan fingerprint density at radius 2 is 1.87 bits per heavy atom. The predicted molar refractivity (Wildman–Crippen MR) is 114 cm³/mol. The van der Waals surface area contributed by atoms with E-state index < -0.39 is 17.0 Å². The summed E-state index contributed by atoms with van der Waals surface area (Å²) >= 11 is 1.24. The van der Waals surface area contributed by atoms with E-state index in [0.29, 0.717) is 49.1 Å². The second kappa shape index (κ2) is 9.33. The van der Waals surface area contributed by atoms with Crippen molar-refractivity contribution < 1.29 is 18.0 Å². The molecule has 1 aromatic carbocycles. The van der Waals surface area contributed by atoms with Crippen molar-refractivity contribution in [1.29, 1.82) is 0 Å². The van der Waals surface area contributed by atoms with E-state index in [1.54, 1.807) is 24.9 Å². The topological polar surface area (TPSA) is 58.4 Å². The summed E-state index contributed by atoms with van der Waals surface area (Å²) in [5.41, 5.74) is 0.338. The lowest BCUT2D eigenvalue weighted by Crippen LogP contribution is -2.50. The highest BCUT2D eigenvalue weighted by molar-refractivity contribution is 8.00. The number of aromatic nitrogens is 2. The summed E-state index contributed by atoms with van der Waals surface area (Å²) in [5.74, 6) is -0.0788. The molecule has 168 valence electrons. The molecule has 1 atom stereocenters. The minimum Gasteiger partial charge on any atom is -0.368 e. The summed E-state index contributed by atoms with van der Waals surface area (Å²) in [5, 5.41) is 0.0538. The normalized spacial score (nSPS) is 15.8. The van der Waals surface area contributed by atoms with Crippen LogP contribution in [-0.4, -0.2) is 51.8 Å². The number of anilines is 1. The molecule has 1 aromatic heterocycles. The van der Waals surface area contributed by atoms with E-state index in [4.69, 9.17) is 0 Å². The van der Waals surface area contributed by atoms with Crippen LogP contribution in [0.1, 0.15) is 25.1 Å². The fourth-order valence-corrected chi connectivity index (χ4v) is 4.36. The van der Waals surface area contributed by atoms with Gasteiger partial charge in [-0.3, -0.25) is 14.2 Å². The molecule has 0 aliphatic carbocycles. The summed E-state index contributed by atoms with van der Waals surface area (Å²) in [7, 11) is 1.63. The lowest BCUT2D eigenvalue weighted by atomic mass is 10.1. The molecule has 1 aliphatic heterocycles. The van der Waals surface area contributed by atoms with Gasteiger partial charge in [0, 0.05) is 50.7 Å². The third-order valence-electron chi connectivity index (χ3n) is 5.27. The maximum atomic E-state index is 13.0. The van der Waals surface area contributed by atoms with Crippen molar-refractivity contribution in [3.05, 3.63) is 51.9 Å². The molecule has 1 aliphatic rings. The summed E-state index contributed by atoms with van der Waals surface area (Å²) in [4.78, 5) is 33.0. The molecule has 0 bridgehead atoms. The molecule has 10 heteroatoms. The number of halogens is 3. The minimum atomic E-state index is -4.39. The van der Waals surface area contributed by atoms with Crippen LogP contribution in [0.5, 0.6) is 0 Å². The molecule has 1 amide bonds. The van der Waals surface area contributed by atoms with Gasteiger partial charge < -0.3 is 9.80 Å². The lowest BCUT2D eigenvalue weighted by molar-refractivity contribution is -0.137. The third-order valence-corrected chi connectivity index (χ3v) is 6.40. The predicted octanol–water partition coefficient (Wildman–Crippen LogP) is 3.19. The monoisotopic (exact) mass is 454 g/mol. The average molecular weight is 455 g/mol. The van der Waals surface area contributed by atoms with Gasteiger partial charge in [0.05, 0.1) is 10.8 Å². The maximum Gasteiger partial charge on any atom is 0.416 e. The number of carbonyl (C=O) groups excluding carboxylic acids is 1. The number of nitrogens with zero attached hydrogens (tertiary/aromatic N) is 4. The van der Waals surface area contributed by atoms with Crippen LogP contribution in [0.15, 0.2) is 40.3 Å². The molecule has 1 unspecified atom stereocenters. The van der Waals surface area contributed by atoms with Gasteiger partial charge in [-0.1, -0.05) is 24.8 Å². The van der Waals surface area contributed by atoms with Crippen LogP contribution in [0, 0.1) is 0 Å². The Hall–Kier alpha value is -2.49. The van der Waals surface area contributed by atoms with Crippen molar-refractivity contribution >= 4 is 23.4 Å². The molecular formula is C21H25F3N4O2S. The van der Waals surface area contributed by atoms with E-state index in [9.17, 15) is 22.8 Å². The lowest BCUT2D eigenvalue weighted by Gasteiger charge is -2.37. The molecule has 31 heavy (non-hydrogen) atoms. The third kappa shape index (κ3) is 5.41. The molecule has 3 rings (SSSR count). The minimum absolute atomic E-state index is 0.0788. The van der Waals surface area contributed by atoms with Gasteiger partial charge in [0.2, 0.25) is 5.91 Å². The maximum absolute atomic E-state index is 13.0. The summed E-state index contributed by atoms with van der Waals surface area (Å²) in [6.45, 7) is 5.42. The number of thioether (sulfide) groups is 1. The number of hydrogen-bond acceptors (Lipinski definition) is 5. The Bertz CT molecular complexity index is 1000. The molecule has 1 fully saturated rings. The Morgan fingerprint density at radius 1 is 1.19 bits per heavy atom. The van der Waals surface area contributed by atoms with Crippen molar-refractivity contribution in [2.24, 2.45) is 7.05 Å². The van der Waals surface area contributed by atoms with Crippen LogP contribution in [0.3, 0.4) is 0 Å². The van der Waals surface area contributed by atoms with E-state index in [2.05, 4.69) is 4.98 Å². The van der Waals surface area contributed by atoms with E-state index in [-0.39, 0.29) is 11.5 Å². The smallest absolute Gasteiger partial charge is 0.368 e. The first kappa shape index (κ1) is 23.2.